The van der Waals surface area contributed by atoms with Gasteiger partial charge in [-0.1, -0.05) is 0 Å². The summed E-state index contributed by atoms with van der Waals surface area (Å²) in [5, 5.41) is 3.76. The van der Waals surface area contributed by atoms with Gasteiger partial charge >= 0.3 is 6.18 Å². The number of nitrogens with zero attached hydrogens (tertiary/aromatic N) is 3. The molecule has 0 bridgehead atoms. The number of aromatic nitrogens is 2. The molecule has 6 nitrogen and oxygen atoms in total. The maximum Gasteiger partial charge on any atom is 0.435 e. The van der Waals surface area contributed by atoms with Crippen LogP contribution in [-0.4, -0.2) is 29.3 Å². The van der Waals surface area contributed by atoms with Gasteiger partial charge in [0.2, 0.25) is 0 Å². The number of halogens is 3. The van der Waals surface area contributed by atoms with Crippen LogP contribution < -0.4 is 15.4 Å². The van der Waals surface area contributed by atoms with Crippen molar-refractivity contribution in [3.8, 4) is 11.4 Å². The Kier molecular flexibility index (Phi) is 4.45. The molecular weight excluding hydrogens is 385 g/mol. The lowest BCUT2D eigenvalue weighted by atomic mass is 10.0. The third kappa shape index (κ3) is 3.28. The molecule has 29 heavy (non-hydrogen) atoms. The summed E-state index contributed by atoms with van der Waals surface area (Å²) in [5.74, 6) is -0.00418. The van der Waals surface area contributed by atoms with Crippen LogP contribution in [0.25, 0.3) is 5.69 Å². The Morgan fingerprint density at radius 3 is 2.24 bits per heavy atom. The van der Waals surface area contributed by atoms with E-state index in [1.807, 2.05) is 0 Å². The van der Waals surface area contributed by atoms with Crippen LogP contribution in [0.4, 0.5) is 24.5 Å². The Bertz CT molecular complexity index is 1060. The number of nitrogens with two attached hydrogens (primary N) is 1. The fourth-order valence-corrected chi connectivity index (χ4v) is 3.40. The molecule has 0 aliphatic carbocycles. The number of ether oxygens (including phenoxy) is 1. The molecule has 3 aromatic rings. The zero-order valence-corrected chi connectivity index (χ0v) is 15.4. The van der Waals surface area contributed by atoms with Gasteiger partial charge in [0.15, 0.2) is 5.69 Å². The van der Waals surface area contributed by atoms with Gasteiger partial charge in [0.05, 0.1) is 12.8 Å². The van der Waals surface area contributed by atoms with Crippen LogP contribution >= 0.6 is 0 Å². The summed E-state index contributed by atoms with van der Waals surface area (Å²) in [6.07, 6.45) is -4.62. The molecule has 9 heteroatoms. The van der Waals surface area contributed by atoms with Gasteiger partial charge in [-0.25, -0.2) is 4.68 Å². The monoisotopic (exact) mass is 402 g/mol. The third-order valence-electron chi connectivity index (χ3n) is 4.81. The molecule has 0 saturated heterocycles. The molecule has 0 atom stereocenters. The topological polar surface area (TPSA) is 73.4 Å². The molecule has 0 spiro atoms. The highest BCUT2D eigenvalue weighted by molar-refractivity contribution is 6.07. The molecule has 0 fully saturated rings. The molecule has 1 amide bonds. The second-order valence-electron chi connectivity index (χ2n) is 6.58. The number of methoxy groups -OCH3 is 1. The third-order valence-corrected chi connectivity index (χ3v) is 4.81. The number of hydrogen-bond acceptors (Lipinski definition) is 4. The van der Waals surface area contributed by atoms with Crippen molar-refractivity contribution < 1.29 is 22.7 Å². The second kappa shape index (κ2) is 6.84. The van der Waals surface area contributed by atoms with Crippen molar-refractivity contribution in [2.75, 3.05) is 24.3 Å². The minimum atomic E-state index is -4.66. The molecule has 1 aliphatic rings. The second-order valence-corrected chi connectivity index (χ2v) is 6.58. The molecule has 4 rings (SSSR count). The highest BCUT2D eigenvalue weighted by atomic mass is 19.4. The van der Waals surface area contributed by atoms with Crippen molar-refractivity contribution in [3.63, 3.8) is 0 Å². The average molecular weight is 402 g/mol. The molecular formula is C20H17F3N4O2. The molecule has 0 saturated carbocycles. The van der Waals surface area contributed by atoms with Crippen LogP contribution in [0.15, 0.2) is 48.5 Å². The number of nitrogen functional groups attached to an aromatic ring is 1. The first-order valence-corrected chi connectivity index (χ1v) is 8.80. The number of carbonyl (C=O) groups excluding carboxylic acids is 1. The van der Waals surface area contributed by atoms with E-state index >= 15 is 0 Å². The van der Waals surface area contributed by atoms with Crippen LogP contribution in [0.1, 0.15) is 21.7 Å². The maximum atomic E-state index is 13.6. The molecule has 2 heterocycles. The van der Waals surface area contributed by atoms with Crippen molar-refractivity contribution >= 4 is 17.3 Å². The smallest absolute Gasteiger partial charge is 0.435 e. The van der Waals surface area contributed by atoms with Crippen molar-refractivity contribution in [2.45, 2.75) is 12.6 Å². The quantitative estimate of drug-likeness (QED) is 0.679. The Morgan fingerprint density at radius 2 is 1.66 bits per heavy atom. The number of hydrogen-bond donors (Lipinski definition) is 1. The predicted molar refractivity (Wildman–Crippen MR) is 101 cm³/mol. The van der Waals surface area contributed by atoms with Gasteiger partial charge in [-0.2, -0.15) is 18.3 Å². The highest BCUT2D eigenvalue weighted by Gasteiger charge is 2.43. The lowest BCUT2D eigenvalue weighted by Crippen LogP contribution is -2.39. The van der Waals surface area contributed by atoms with E-state index in [0.717, 1.165) is 4.68 Å². The zero-order chi connectivity index (χ0) is 20.8. The largest absolute Gasteiger partial charge is 0.497 e. The molecule has 0 radical (unpaired) electrons. The molecule has 150 valence electrons. The maximum absolute atomic E-state index is 13.6. The van der Waals surface area contributed by atoms with Crippen molar-refractivity contribution in [3.05, 3.63) is 65.5 Å². The summed E-state index contributed by atoms with van der Waals surface area (Å²) in [6, 6.07) is 12.9. The first-order chi connectivity index (χ1) is 13.8. The van der Waals surface area contributed by atoms with Crippen LogP contribution in [0.5, 0.6) is 5.75 Å². The van der Waals surface area contributed by atoms with E-state index in [-0.39, 0.29) is 24.2 Å². The lowest BCUT2D eigenvalue weighted by molar-refractivity contribution is -0.141. The Labute approximate surface area is 164 Å². The zero-order valence-electron chi connectivity index (χ0n) is 15.4. The van der Waals surface area contributed by atoms with Crippen LogP contribution in [0.3, 0.4) is 0 Å². The van der Waals surface area contributed by atoms with Crippen LogP contribution in [-0.2, 0) is 12.6 Å². The van der Waals surface area contributed by atoms with Gasteiger partial charge in [0.1, 0.15) is 11.4 Å². The summed E-state index contributed by atoms with van der Waals surface area (Å²) in [7, 11) is 1.49. The summed E-state index contributed by atoms with van der Waals surface area (Å²) in [5.41, 5.74) is 5.90. The first kappa shape index (κ1) is 18.9. The summed E-state index contributed by atoms with van der Waals surface area (Å²) in [6.45, 7) is 0.118. The summed E-state index contributed by atoms with van der Waals surface area (Å²) in [4.78, 5) is 14.6. The lowest BCUT2D eigenvalue weighted by Gasteiger charge is -2.28. The van der Waals surface area contributed by atoms with Gasteiger partial charge in [-0.05, 0) is 55.0 Å². The Morgan fingerprint density at radius 1 is 1.03 bits per heavy atom. The summed E-state index contributed by atoms with van der Waals surface area (Å²) < 4.78 is 46.9. The minimum Gasteiger partial charge on any atom is -0.497 e. The Balaban J connectivity index is 1.85. The van der Waals surface area contributed by atoms with Crippen LogP contribution in [0, 0.1) is 0 Å². The SMILES string of the molecule is COc1ccc(-n2nc(C(F)(F)F)c3c2C(=O)N(c2ccc(N)cc2)CC3)cc1. The van der Waals surface area contributed by atoms with Crippen molar-refractivity contribution in [2.24, 2.45) is 0 Å². The van der Waals surface area contributed by atoms with E-state index in [4.69, 9.17) is 10.5 Å². The standard InChI is InChI=1S/C20H17F3N4O2/c1-29-15-8-6-14(7-9-15)27-17-16(18(25-27)20(21,22)23)10-11-26(19(17)28)13-4-2-12(24)3-5-13/h2-9H,10-11,24H2,1H3. The molecule has 0 unspecified atom stereocenters. The molecule has 1 aliphatic heterocycles. The molecule has 1 aromatic heterocycles. The number of benzene rings is 2. The van der Waals surface area contributed by atoms with E-state index in [1.54, 1.807) is 48.5 Å². The van der Waals surface area contributed by atoms with Crippen molar-refractivity contribution in [1.29, 1.82) is 0 Å². The average Bonchev–Trinajstić information content (AvgIpc) is 3.10. The van der Waals surface area contributed by atoms with Crippen molar-refractivity contribution in [1.82, 2.24) is 9.78 Å². The number of fused-ring (bicyclic) bond motifs is 1. The van der Waals surface area contributed by atoms with E-state index in [0.29, 0.717) is 22.8 Å². The van der Waals surface area contributed by atoms with Gasteiger partial charge < -0.3 is 15.4 Å². The van der Waals surface area contributed by atoms with E-state index in [1.165, 1.54) is 12.0 Å². The van der Waals surface area contributed by atoms with E-state index < -0.39 is 17.8 Å². The van der Waals surface area contributed by atoms with E-state index in [2.05, 4.69) is 5.10 Å². The number of amides is 1. The van der Waals surface area contributed by atoms with Gasteiger partial charge in [-0.3, -0.25) is 4.79 Å². The molecule has 2 N–H and O–H groups in total. The highest BCUT2D eigenvalue weighted by Crippen LogP contribution is 2.37. The van der Waals surface area contributed by atoms with Gasteiger partial charge in [-0.15, -0.1) is 0 Å². The van der Waals surface area contributed by atoms with Crippen LogP contribution in [0.2, 0.25) is 0 Å². The van der Waals surface area contributed by atoms with E-state index in [9.17, 15) is 18.0 Å². The normalized spacial score (nSPS) is 14.1. The first-order valence-electron chi connectivity index (χ1n) is 8.80. The summed E-state index contributed by atoms with van der Waals surface area (Å²) >= 11 is 0. The predicted octanol–water partition coefficient (Wildman–Crippen LogP) is 3.68. The number of anilines is 2. The molecule has 2 aromatic carbocycles. The van der Waals surface area contributed by atoms with Gasteiger partial charge in [0, 0.05) is 23.5 Å². The number of rotatable bonds is 3. The minimum absolute atomic E-state index is 0.0381. The fourth-order valence-electron chi connectivity index (χ4n) is 3.40. The number of carbonyl (C=O) groups is 1. The fraction of sp³-hybridized carbons (Fsp3) is 0.200. The Hall–Kier alpha value is -3.49. The van der Waals surface area contributed by atoms with Gasteiger partial charge in [0.25, 0.3) is 5.91 Å². The number of alkyl halides is 3.